The van der Waals surface area contributed by atoms with Gasteiger partial charge in [0.15, 0.2) is 5.78 Å². The summed E-state index contributed by atoms with van der Waals surface area (Å²) >= 11 is 0. The third-order valence-corrected chi connectivity index (χ3v) is 3.41. The highest BCUT2D eigenvalue weighted by Gasteiger charge is 2.27. The Bertz CT molecular complexity index is 641. The molecule has 0 unspecified atom stereocenters. The molecular weight excluding hydrogens is 236 g/mol. The predicted octanol–water partition coefficient (Wildman–Crippen LogP) is 3.39. The molecule has 1 atom stereocenters. The van der Waals surface area contributed by atoms with Gasteiger partial charge in [-0.2, -0.15) is 0 Å². The van der Waals surface area contributed by atoms with E-state index in [4.69, 9.17) is 0 Å². The fraction of sp³-hybridized carbons (Fsp3) is 0.118. The molecule has 0 aliphatic heterocycles. The second-order valence-electron chi connectivity index (χ2n) is 4.72. The molecule has 0 spiro atoms. The molecule has 2 nitrogen and oxygen atoms in total. The van der Waals surface area contributed by atoms with Gasteiger partial charge in [-0.15, -0.1) is 0 Å². The van der Waals surface area contributed by atoms with Crippen LogP contribution in [0.15, 0.2) is 60.2 Å². The van der Waals surface area contributed by atoms with Crippen LogP contribution in [-0.2, 0) is 0 Å². The second kappa shape index (κ2) is 4.82. The van der Waals surface area contributed by atoms with E-state index in [1.165, 1.54) is 0 Å². The summed E-state index contributed by atoms with van der Waals surface area (Å²) in [5.41, 5.74) is 3.00. The number of ketones is 1. The van der Waals surface area contributed by atoms with Gasteiger partial charge < -0.3 is 5.11 Å². The van der Waals surface area contributed by atoms with Crippen LogP contribution in [0.3, 0.4) is 0 Å². The summed E-state index contributed by atoms with van der Waals surface area (Å²) in [5.74, 6) is 0.0183. The Balaban J connectivity index is 2.03. The first-order chi connectivity index (χ1) is 9.25. The third-order valence-electron chi connectivity index (χ3n) is 3.41. The molecule has 0 amide bonds. The van der Waals surface area contributed by atoms with Crippen molar-refractivity contribution in [3.05, 3.63) is 76.9 Å². The van der Waals surface area contributed by atoms with E-state index >= 15 is 0 Å². The molecule has 3 rings (SSSR count). The predicted molar refractivity (Wildman–Crippen MR) is 74.8 cm³/mol. The fourth-order valence-corrected chi connectivity index (χ4v) is 2.45. The van der Waals surface area contributed by atoms with Crippen LogP contribution in [0.25, 0.3) is 6.08 Å². The fourth-order valence-electron chi connectivity index (χ4n) is 2.45. The number of benzene rings is 2. The van der Waals surface area contributed by atoms with Crippen LogP contribution in [0, 0.1) is 0 Å². The van der Waals surface area contributed by atoms with E-state index in [2.05, 4.69) is 0 Å². The number of hydrogen-bond donors (Lipinski definition) is 1. The van der Waals surface area contributed by atoms with Crippen molar-refractivity contribution in [3.8, 4) is 0 Å². The van der Waals surface area contributed by atoms with Crippen LogP contribution >= 0.6 is 0 Å². The van der Waals surface area contributed by atoms with Crippen LogP contribution in [0.2, 0.25) is 0 Å². The van der Waals surface area contributed by atoms with Gasteiger partial charge >= 0.3 is 0 Å². The van der Waals surface area contributed by atoms with Crippen molar-refractivity contribution in [2.75, 3.05) is 0 Å². The first-order valence-corrected chi connectivity index (χ1v) is 6.33. The van der Waals surface area contributed by atoms with Crippen LogP contribution in [0.5, 0.6) is 0 Å². The van der Waals surface area contributed by atoms with E-state index in [9.17, 15) is 9.90 Å². The molecule has 0 fully saturated rings. The van der Waals surface area contributed by atoms with Crippen molar-refractivity contribution in [1.29, 1.82) is 0 Å². The van der Waals surface area contributed by atoms with Crippen LogP contribution < -0.4 is 0 Å². The van der Waals surface area contributed by atoms with Crippen molar-refractivity contribution in [3.63, 3.8) is 0 Å². The zero-order valence-corrected chi connectivity index (χ0v) is 10.4. The third kappa shape index (κ3) is 2.23. The highest BCUT2D eigenvalue weighted by Crippen LogP contribution is 2.33. The molecule has 0 bridgehead atoms. The average Bonchev–Trinajstić information content (AvgIpc) is 2.46. The molecule has 0 radical (unpaired) electrons. The highest BCUT2D eigenvalue weighted by molar-refractivity contribution is 6.13. The summed E-state index contributed by atoms with van der Waals surface area (Å²) < 4.78 is 0. The first-order valence-electron chi connectivity index (χ1n) is 6.33. The SMILES string of the molecule is O=C1/C(=C/c2ccccc2)C[C@H](O)c2ccccc21. The van der Waals surface area contributed by atoms with Gasteiger partial charge in [-0.3, -0.25) is 4.79 Å². The Hall–Kier alpha value is -2.19. The zero-order chi connectivity index (χ0) is 13.2. The summed E-state index contributed by atoms with van der Waals surface area (Å²) in [6.07, 6.45) is 1.65. The topological polar surface area (TPSA) is 37.3 Å². The van der Waals surface area contributed by atoms with E-state index in [0.29, 0.717) is 17.6 Å². The highest BCUT2D eigenvalue weighted by atomic mass is 16.3. The standard InChI is InChI=1S/C17H14O2/c18-16-11-13(10-12-6-2-1-3-7-12)17(19)15-9-5-4-8-14(15)16/h1-10,16,18H,11H2/b13-10+/t16-/m0/s1. The Kier molecular flexibility index (Phi) is 3.02. The average molecular weight is 250 g/mol. The van der Waals surface area contributed by atoms with Crippen molar-refractivity contribution in [2.45, 2.75) is 12.5 Å². The minimum absolute atomic E-state index is 0.0183. The quantitative estimate of drug-likeness (QED) is 0.788. The van der Waals surface area contributed by atoms with E-state index in [-0.39, 0.29) is 5.78 Å². The van der Waals surface area contributed by atoms with Gasteiger partial charge in [0, 0.05) is 17.6 Å². The molecule has 1 N–H and O–H groups in total. The van der Waals surface area contributed by atoms with Gasteiger partial charge in [-0.05, 0) is 17.2 Å². The largest absolute Gasteiger partial charge is 0.388 e. The van der Waals surface area contributed by atoms with E-state index < -0.39 is 6.10 Å². The number of hydrogen-bond acceptors (Lipinski definition) is 2. The van der Waals surface area contributed by atoms with Gasteiger partial charge in [0.2, 0.25) is 0 Å². The number of fused-ring (bicyclic) bond motifs is 1. The molecule has 2 aromatic rings. The maximum Gasteiger partial charge on any atom is 0.189 e. The molecule has 2 aromatic carbocycles. The minimum atomic E-state index is -0.594. The summed E-state index contributed by atoms with van der Waals surface area (Å²) in [7, 11) is 0. The maximum atomic E-state index is 12.4. The normalized spacial score (nSPS) is 20.4. The first kappa shape index (κ1) is 11.9. The molecule has 0 saturated carbocycles. The smallest absolute Gasteiger partial charge is 0.189 e. The molecule has 1 aliphatic carbocycles. The minimum Gasteiger partial charge on any atom is -0.388 e. The van der Waals surface area contributed by atoms with Crippen molar-refractivity contribution in [2.24, 2.45) is 0 Å². The number of carbonyl (C=O) groups is 1. The Morgan fingerprint density at radius 2 is 1.68 bits per heavy atom. The summed E-state index contributed by atoms with van der Waals surface area (Å²) in [6, 6.07) is 17.0. The van der Waals surface area contributed by atoms with Crippen LogP contribution in [0.4, 0.5) is 0 Å². The summed E-state index contributed by atoms with van der Waals surface area (Å²) in [5, 5.41) is 10.1. The van der Waals surface area contributed by atoms with E-state index in [0.717, 1.165) is 11.1 Å². The summed E-state index contributed by atoms with van der Waals surface area (Å²) in [6.45, 7) is 0. The Morgan fingerprint density at radius 1 is 1.00 bits per heavy atom. The monoisotopic (exact) mass is 250 g/mol. The molecule has 2 heteroatoms. The van der Waals surface area contributed by atoms with Crippen LogP contribution in [0.1, 0.15) is 34.0 Å². The van der Waals surface area contributed by atoms with Crippen LogP contribution in [-0.4, -0.2) is 10.9 Å². The second-order valence-corrected chi connectivity index (χ2v) is 4.72. The number of Topliss-reactive ketones (excluding diaryl/α,β-unsaturated/α-hetero) is 1. The van der Waals surface area contributed by atoms with Crippen molar-refractivity contribution >= 4 is 11.9 Å². The van der Waals surface area contributed by atoms with E-state index in [1.807, 2.05) is 54.6 Å². The van der Waals surface area contributed by atoms with Gasteiger partial charge in [0.1, 0.15) is 0 Å². The van der Waals surface area contributed by atoms with Gasteiger partial charge in [0.25, 0.3) is 0 Å². The number of carbonyl (C=O) groups excluding carboxylic acids is 1. The van der Waals surface area contributed by atoms with Crippen molar-refractivity contribution in [1.82, 2.24) is 0 Å². The zero-order valence-electron chi connectivity index (χ0n) is 10.4. The molecule has 19 heavy (non-hydrogen) atoms. The molecule has 0 aromatic heterocycles. The molecule has 1 aliphatic rings. The van der Waals surface area contributed by atoms with E-state index in [1.54, 1.807) is 6.07 Å². The lowest BCUT2D eigenvalue weighted by Crippen LogP contribution is -2.18. The lowest BCUT2D eigenvalue weighted by Gasteiger charge is -2.22. The Labute approximate surface area is 112 Å². The number of aliphatic hydroxyl groups excluding tert-OH is 1. The number of rotatable bonds is 1. The summed E-state index contributed by atoms with van der Waals surface area (Å²) in [4.78, 5) is 12.4. The van der Waals surface area contributed by atoms with Gasteiger partial charge in [-0.1, -0.05) is 54.6 Å². The molecule has 0 saturated heterocycles. The van der Waals surface area contributed by atoms with Crippen molar-refractivity contribution < 1.29 is 9.90 Å². The molecule has 0 heterocycles. The lowest BCUT2D eigenvalue weighted by molar-refractivity contribution is 0.0979. The molecule has 94 valence electrons. The molecular formula is C17H14O2. The number of aliphatic hydroxyl groups is 1. The lowest BCUT2D eigenvalue weighted by atomic mass is 9.84. The Morgan fingerprint density at radius 3 is 2.47 bits per heavy atom. The van der Waals surface area contributed by atoms with Gasteiger partial charge in [-0.25, -0.2) is 0 Å². The van der Waals surface area contributed by atoms with Gasteiger partial charge in [0.05, 0.1) is 6.10 Å². The maximum absolute atomic E-state index is 12.4.